The molecular formula is C24H18ClN3O4. The first-order chi connectivity index (χ1) is 15.5. The first-order valence-corrected chi connectivity index (χ1v) is 10.2. The smallest absolute Gasteiger partial charge is 0.338 e. The van der Waals surface area contributed by atoms with E-state index in [1.807, 2.05) is 0 Å². The first-order valence-electron chi connectivity index (χ1n) is 9.78. The Kier molecular flexibility index (Phi) is 6.28. The zero-order valence-corrected chi connectivity index (χ0v) is 17.6. The molecule has 7 nitrogen and oxygen atoms in total. The molecule has 0 aliphatic heterocycles. The van der Waals surface area contributed by atoms with E-state index in [1.54, 1.807) is 72.8 Å². The van der Waals surface area contributed by atoms with Crippen LogP contribution >= 0.6 is 11.6 Å². The monoisotopic (exact) mass is 447 g/mol. The average Bonchev–Trinajstić information content (AvgIpc) is 2.78. The Bertz CT molecular complexity index is 1370. The third-order valence-electron chi connectivity index (χ3n) is 4.70. The highest BCUT2D eigenvalue weighted by Gasteiger charge is 2.16. The summed E-state index contributed by atoms with van der Waals surface area (Å²) in [6.07, 6.45) is 0.222. The molecule has 0 radical (unpaired) electrons. The fourth-order valence-corrected chi connectivity index (χ4v) is 3.44. The maximum atomic E-state index is 12.6. The molecule has 0 fully saturated rings. The minimum absolute atomic E-state index is 0.222. The molecular weight excluding hydrogens is 430 g/mol. The molecule has 4 rings (SSSR count). The molecule has 0 aliphatic rings. The molecule has 160 valence electrons. The minimum Gasteiger partial charge on any atom is -0.452 e. The number of aromatic nitrogens is 2. The standard InChI is InChI=1S/C24H18ClN3O4/c25-16-7-5-8-17(13-16)26-22(29)14-32-24(31)18-9-2-1-6-15(18)12-21-27-20-11-4-3-10-19(20)23(30)28-21/h1-11,13H,12,14H2,(H,26,29)(H,27,28,30). The van der Waals surface area contributed by atoms with Gasteiger partial charge in [0.25, 0.3) is 11.5 Å². The van der Waals surface area contributed by atoms with Crippen molar-refractivity contribution in [3.05, 3.63) is 105 Å². The number of halogens is 1. The van der Waals surface area contributed by atoms with Crippen LogP contribution in [0.3, 0.4) is 0 Å². The van der Waals surface area contributed by atoms with Crippen LogP contribution in [0.4, 0.5) is 5.69 Å². The first kappa shape index (κ1) is 21.3. The van der Waals surface area contributed by atoms with Crippen LogP contribution < -0.4 is 10.9 Å². The number of rotatable bonds is 6. The summed E-state index contributed by atoms with van der Waals surface area (Å²) in [5, 5.41) is 3.59. The summed E-state index contributed by atoms with van der Waals surface area (Å²) in [7, 11) is 0. The summed E-state index contributed by atoms with van der Waals surface area (Å²) in [6, 6.07) is 20.5. The van der Waals surface area contributed by atoms with E-state index in [9.17, 15) is 14.4 Å². The number of hydrogen-bond donors (Lipinski definition) is 2. The van der Waals surface area contributed by atoms with Crippen LogP contribution in [0.1, 0.15) is 21.7 Å². The molecule has 0 atom stereocenters. The highest BCUT2D eigenvalue weighted by molar-refractivity contribution is 6.30. The molecule has 0 saturated carbocycles. The fraction of sp³-hybridized carbons (Fsp3) is 0.0833. The Morgan fingerprint density at radius 1 is 1.00 bits per heavy atom. The Hall–Kier alpha value is -3.97. The number of H-pyrrole nitrogens is 1. The summed E-state index contributed by atoms with van der Waals surface area (Å²) in [6.45, 7) is -0.454. The number of anilines is 1. The molecule has 3 aromatic carbocycles. The number of carbonyl (C=O) groups excluding carboxylic acids is 2. The van der Waals surface area contributed by atoms with Gasteiger partial charge in [-0.25, -0.2) is 9.78 Å². The van der Waals surface area contributed by atoms with Crippen LogP contribution in [-0.2, 0) is 16.0 Å². The molecule has 0 bridgehead atoms. The molecule has 4 aromatic rings. The summed E-state index contributed by atoms with van der Waals surface area (Å²) in [4.78, 5) is 44.3. The molecule has 8 heteroatoms. The van der Waals surface area contributed by atoms with Crippen LogP contribution in [0.25, 0.3) is 10.9 Å². The Balaban J connectivity index is 1.46. The third-order valence-corrected chi connectivity index (χ3v) is 4.93. The van der Waals surface area contributed by atoms with Crippen molar-refractivity contribution in [3.8, 4) is 0 Å². The van der Waals surface area contributed by atoms with E-state index < -0.39 is 18.5 Å². The highest BCUT2D eigenvalue weighted by atomic mass is 35.5. The molecule has 1 aromatic heterocycles. The third kappa shape index (κ3) is 5.01. The van der Waals surface area contributed by atoms with E-state index in [1.165, 1.54) is 0 Å². The van der Waals surface area contributed by atoms with Gasteiger partial charge in [0.2, 0.25) is 0 Å². The quantitative estimate of drug-likeness (QED) is 0.435. The maximum absolute atomic E-state index is 12.6. The van der Waals surface area contributed by atoms with Crippen molar-refractivity contribution in [1.29, 1.82) is 0 Å². The van der Waals surface area contributed by atoms with Gasteiger partial charge in [0.15, 0.2) is 6.61 Å². The predicted octanol–water partition coefficient (Wildman–Crippen LogP) is 3.96. The van der Waals surface area contributed by atoms with Crippen LogP contribution in [0.2, 0.25) is 5.02 Å². The van der Waals surface area contributed by atoms with E-state index in [0.717, 1.165) is 0 Å². The van der Waals surface area contributed by atoms with Gasteiger partial charge in [0.1, 0.15) is 5.82 Å². The molecule has 0 unspecified atom stereocenters. The number of aromatic amines is 1. The Morgan fingerprint density at radius 2 is 1.78 bits per heavy atom. The summed E-state index contributed by atoms with van der Waals surface area (Å²) in [5.74, 6) is -0.712. The summed E-state index contributed by atoms with van der Waals surface area (Å²) >= 11 is 5.90. The van der Waals surface area contributed by atoms with Crippen molar-refractivity contribution in [3.63, 3.8) is 0 Å². The number of ether oxygens (including phenoxy) is 1. The van der Waals surface area contributed by atoms with Crippen molar-refractivity contribution in [2.24, 2.45) is 0 Å². The van der Waals surface area contributed by atoms with Gasteiger partial charge < -0.3 is 15.0 Å². The van der Waals surface area contributed by atoms with Gasteiger partial charge in [0.05, 0.1) is 16.5 Å². The molecule has 1 heterocycles. The second-order valence-electron chi connectivity index (χ2n) is 7.00. The van der Waals surface area contributed by atoms with Crippen LogP contribution in [-0.4, -0.2) is 28.5 Å². The van der Waals surface area contributed by atoms with E-state index in [2.05, 4.69) is 15.3 Å². The predicted molar refractivity (Wildman–Crippen MR) is 122 cm³/mol. The molecule has 32 heavy (non-hydrogen) atoms. The largest absolute Gasteiger partial charge is 0.452 e. The molecule has 0 saturated heterocycles. The van der Waals surface area contributed by atoms with Crippen LogP contribution in [0.5, 0.6) is 0 Å². The lowest BCUT2D eigenvalue weighted by Gasteiger charge is -2.10. The molecule has 0 spiro atoms. The molecule has 1 amide bonds. The molecule has 2 N–H and O–H groups in total. The summed E-state index contributed by atoms with van der Waals surface area (Å²) < 4.78 is 5.19. The average molecular weight is 448 g/mol. The van der Waals surface area contributed by atoms with Crippen molar-refractivity contribution in [2.75, 3.05) is 11.9 Å². The summed E-state index contributed by atoms with van der Waals surface area (Å²) in [5.41, 5.74) is 1.74. The lowest BCUT2D eigenvalue weighted by molar-refractivity contribution is -0.119. The SMILES string of the molecule is O=C(COC(=O)c1ccccc1Cc1nc2ccccc2c(=O)[nH]1)Nc1cccc(Cl)c1. The number of nitrogens with zero attached hydrogens (tertiary/aromatic N) is 1. The number of benzene rings is 3. The lowest BCUT2D eigenvalue weighted by Crippen LogP contribution is -2.21. The normalized spacial score (nSPS) is 10.7. The Morgan fingerprint density at radius 3 is 2.62 bits per heavy atom. The number of amides is 1. The number of hydrogen-bond acceptors (Lipinski definition) is 5. The number of fused-ring (bicyclic) bond motifs is 1. The zero-order valence-electron chi connectivity index (χ0n) is 16.8. The van der Waals surface area contributed by atoms with E-state index in [4.69, 9.17) is 16.3 Å². The van der Waals surface area contributed by atoms with Crippen molar-refractivity contribution in [1.82, 2.24) is 9.97 Å². The maximum Gasteiger partial charge on any atom is 0.338 e. The number of para-hydroxylation sites is 1. The second kappa shape index (κ2) is 9.45. The van der Waals surface area contributed by atoms with Crippen LogP contribution in [0.15, 0.2) is 77.6 Å². The van der Waals surface area contributed by atoms with Gasteiger partial charge in [0, 0.05) is 17.1 Å². The fourth-order valence-electron chi connectivity index (χ4n) is 3.24. The Labute approximate surface area is 188 Å². The van der Waals surface area contributed by atoms with Gasteiger partial charge in [-0.1, -0.05) is 48.0 Å². The van der Waals surface area contributed by atoms with Gasteiger partial charge in [-0.05, 0) is 42.0 Å². The van der Waals surface area contributed by atoms with E-state index in [0.29, 0.717) is 38.6 Å². The lowest BCUT2D eigenvalue weighted by atomic mass is 10.0. The van der Waals surface area contributed by atoms with Crippen molar-refractivity contribution in [2.45, 2.75) is 6.42 Å². The van der Waals surface area contributed by atoms with Gasteiger partial charge >= 0.3 is 5.97 Å². The molecule has 0 aliphatic carbocycles. The zero-order chi connectivity index (χ0) is 22.5. The minimum atomic E-state index is -0.648. The van der Waals surface area contributed by atoms with Gasteiger partial charge in [-0.2, -0.15) is 0 Å². The van der Waals surface area contributed by atoms with Gasteiger partial charge in [-0.15, -0.1) is 0 Å². The topological polar surface area (TPSA) is 101 Å². The van der Waals surface area contributed by atoms with Crippen LogP contribution in [0, 0.1) is 0 Å². The second-order valence-corrected chi connectivity index (χ2v) is 7.43. The van der Waals surface area contributed by atoms with E-state index >= 15 is 0 Å². The van der Waals surface area contributed by atoms with Crippen molar-refractivity contribution >= 4 is 40.1 Å². The number of nitrogens with one attached hydrogen (secondary N) is 2. The number of esters is 1. The number of carbonyl (C=O) groups is 2. The highest BCUT2D eigenvalue weighted by Crippen LogP contribution is 2.16. The van der Waals surface area contributed by atoms with Crippen molar-refractivity contribution < 1.29 is 14.3 Å². The van der Waals surface area contributed by atoms with Gasteiger partial charge in [-0.3, -0.25) is 9.59 Å². The van der Waals surface area contributed by atoms with E-state index in [-0.39, 0.29) is 12.0 Å².